The molecule has 0 amide bonds. The summed E-state index contributed by atoms with van der Waals surface area (Å²) in [6, 6.07) is 4.02. The Kier molecular flexibility index (Phi) is 5.46. The van der Waals surface area contributed by atoms with Crippen LogP contribution in [-0.4, -0.2) is 41.5 Å². The number of piperidine rings is 1. The number of rotatable bonds is 5. The zero-order valence-electron chi connectivity index (χ0n) is 13.6. The van der Waals surface area contributed by atoms with Gasteiger partial charge in [0.1, 0.15) is 11.6 Å². The van der Waals surface area contributed by atoms with Crippen LogP contribution in [0.4, 0.5) is 10.1 Å². The molecule has 2 rings (SSSR count). The van der Waals surface area contributed by atoms with Crippen molar-refractivity contribution in [2.24, 2.45) is 5.92 Å². The van der Waals surface area contributed by atoms with Crippen molar-refractivity contribution < 1.29 is 24.1 Å². The number of nitrogens with zero attached hydrogens (tertiary/aromatic N) is 1. The maximum Gasteiger partial charge on any atom is 0.308 e. The Balaban J connectivity index is 1.90. The summed E-state index contributed by atoms with van der Waals surface area (Å²) in [5.74, 6) is -0.752. The number of phenols is 1. The van der Waals surface area contributed by atoms with Gasteiger partial charge in [0.2, 0.25) is 0 Å². The summed E-state index contributed by atoms with van der Waals surface area (Å²) in [7, 11) is 0. The molecule has 0 radical (unpaired) electrons. The molecular weight excluding hydrogens is 301 g/mol. The second-order valence-corrected chi connectivity index (χ2v) is 6.60. The molecule has 0 aliphatic carbocycles. The average molecular weight is 325 g/mol. The molecule has 128 valence electrons. The van der Waals surface area contributed by atoms with E-state index in [1.165, 1.54) is 12.1 Å². The smallest absolute Gasteiger partial charge is 0.308 e. The van der Waals surface area contributed by atoms with E-state index in [2.05, 4.69) is 0 Å². The fourth-order valence-corrected chi connectivity index (χ4v) is 2.67. The Hall–Kier alpha value is -1.82. The summed E-state index contributed by atoms with van der Waals surface area (Å²) in [5.41, 5.74) is -0.704. The number of esters is 1. The summed E-state index contributed by atoms with van der Waals surface area (Å²) >= 11 is 0. The lowest BCUT2D eigenvalue weighted by Gasteiger charge is -2.38. The molecular formula is C17H24FNO4. The van der Waals surface area contributed by atoms with Crippen molar-refractivity contribution in [3.8, 4) is 5.75 Å². The van der Waals surface area contributed by atoms with Crippen molar-refractivity contribution in [3.05, 3.63) is 24.0 Å². The molecule has 23 heavy (non-hydrogen) atoms. The Labute approximate surface area is 135 Å². The summed E-state index contributed by atoms with van der Waals surface area (Å²) in [6.45, 7) is 5.13. The normalized spacial score (nSPS) is 17.3. The number of benzene rings is 1. The first-order valence-corrected chi connectivity index (χ1v) is 7.90. The average Bonchev–Trinajstić information content (AvgIpc) is 2.46. The van der Waals surface area contributed by atoms with Crippen molar-refractivity contribution >= 4 is 11.7 Å². The Morgan fingerprint density at radius 3 is 2.61 bits per heavy atom. The number of halogens is 1. The monoisotopic (exact) mass is 325 g/mol. The number of carbonyl (C=O) groups excluding carboxylic acids is 1. The van der Waals surface area contributed by atoms with Crippen LogP contribution in [0.5, 0.6) is 5.75 Å². The van der Waals surface area contributed by atoms with Crippen molar-refractivity contribution in [2.45, 2.75) is 38.7 Å². The predicted octanol–water partition coefficient (Wildman–Crippen LogP) is 2.45. The van der Waals surface area contributed by atoms with E-state index in [4.69, 9.17) is 4.74 Å². The van der Waals surface area contributed by atoms with Crippen LogP contribution in [0.3, 0.4) is 0 Å². The number of hydrogen-bond donors (Lipinski definition) is 2. The lowest BCUT2D eigenvalue weighted by Crippen LogP contribution is -2.46. The highest BCUT2D eigenvalue weighted by molar-refractivity contribution is 5.70. The molecule has 1 aliphatic heterocycles. The van der Waals surface area contributed by atoms with Gasteiger partial charge in [-0.25, -0.2) is 4.39 Å². The molecule has 1 fully saturated rings. The number of aromatic hydroxyl groups is 1. The molecule has 0 atom stereocenters. The van der Waals surface area contributed by atoms with E-state index >= 15 is 0 Å². The van der Waals surface area contributed by atoms with E-state index < -0.39 is 17.4 Å². The molecule has 1 saturated heterocycles. The fourth-order valence-electron chi connectivity index (χ4n) is 2.67. The third-order valence-electron chi connectivity index (χ3n) is 4.02. The number of ether oxygens (including phenoxy) is 1. The number of phenolic OH excluding ortho intramolecular Hbond substituents is 1. The van der Waals surface area contributed by atoms with Crippen molar-refractivity contribution in [1.29, 1.82) is 0 Å². The minimum absolute atomic E-state index is 0.0361. The van der Waals surface area contributed by atoms with Crippen molar-refractivity contribution in [3.63, 3.8) is 0 Å². The molecule has 0 spiro atoms. The summed E-state index contributed by atoms with van der Waals surface area (Å²) in [6.07, 6.45) is 0.694. The number of anilines is 1. The Morgan fingerprint density at radius 2 is 2.04 bits per heavy atom. The van der Waals surface area contributed by atoms with Gasteiger partial charge in [0.25, 0.3) is 0 Å². The van der Waals surface area contributed by atoms with Crippen LogP contribution >= 0.6 is 0 Å². The first-order valence-electron chi connectivity index (χ1n) is 7.90. The first kappa shape index (κ1) is 17.5. The number of hydrogen-bond acceptors (Lipinski definition) is 5. The lowest BCUT2D eigenvalue weighted by molar-refractivity contribution is -0.151. The number of carbonyl (C=O) groups is 1. The molecule has 0 bridgehead atoms. The van der Waals surface area contributed by atoms with Gasteiger partial charge in [0.15, 0.2) is 0 Å². The highest BCUT2D eigenvalue weighted by atomic mass is 19.1. The van der Waals surface area contributed by atoms with E-state index in [1.54, 1.807) is 0 Å². The molecule has 1 aromatic carbocycles. The largest absolute Gasteiger partial charge is 0.508 e. The van der Waals surface area contributed by atoms with Gasteiger partial charge in [-0.2, -0.15) is 0 Å². The van der Waals surface area contributed by atoms with Crippen LogP contribution in [0, 0.1) is 11.7 Å². The van der Waals surface area contributed by atoms with Crippen LogP contribution in [0.25, 0.3) is 0 Å². The maximum atomic E-state index is 13.9. The lowest BCUT2D eigenvalue weighted by atomic mass is 9.88. The van der Waals surface area contributed by atoms with Crippen LogP contribution in [0.15, 0.2) is 18.2 Å². The van der Waals surface area contributed by atoms with Crippen LogP contribution in [0.1, 0.15) is 33.1 Å². The molecule has 0 saturated carbocycles. The van der Waals surface area contributed by atoms with Crippen LogP contribution in [-0.2, 0) is 9.53 Å². The van der Waals surface area contributed by atoms with Gasteiger partial charge < -0.3 is 19.8 Å². The van der Waals surface area contributed by atoms with Gasteiger partial charge in [-0.15, -0.1) is 0 Å². The minimum Gasteiger partial charge on any atom is -0.508 e. The van der Waals surface area contributed by atoms with Gasteiger partial charge >= 0.3 is 5.97 Å². The quantitative estimate of drug-likeness (QED) is 0.814. The highest BCUT2D eigenvalue weighted by Crippen LogP contribution is 2.31. The molecule has 1 aliphatic rings. The van der Waals surface area contributed by atoms with Crippen molar-refractivity contribution in [1.82, 2.24) is 0 Å². The molecule has 0 unspecified atom stereocenters. The Morgan fingerprint density at radius 1 is 1.39 bits per heavy atom. The van der Waals surface area contributed by atoms with Gasteiger partial charge in [-0.1, -0.05) is 13.8 Å². The predicted molar refractivity (Wildman–Crippen MR) is 84.9 cm³/mol. The Bertz CT molecular complexity index is 554. The molecule has 0 aromatic heterocycles. The zero-order chi connectivity index (χ0) is 17.0. The standard InChI is InChI=1S/C17H24FNO4/c1-12(2)11-23-16(21)10-17(22)5-7-19(8-6-17)15-4-3-13(20)9-14(15)18/h3-4,9,12,20,22H,5-8,10-11H2,1-2H3. The number of aliphatic hydroxyl groups is 1. The highest BCUT2D eigenvalue weighted by Gasteiger charge is 2.35. The third kappa shape index (κ3) is 4.82. The van der Waals surface area contributed by atoms with Crippen LogP contribution < -0.4 is 4.90 Å². The van der Waals surface area contributed by atoms with Gasteiger partial charge in [-0.3, -0.25) is 4.79 Å². The van der Waals surface area contributed by atoms with E-state index in [-0.39, 0.29) is 18.1 Å². The second kappa shape index (κ2) is 7.17. The molecule has 6 heteroatoms. The maximum absolute atomic E-state index is 13.9. The topological polar surface area (TPSA) is 70.0 Å². The molecule has 1 heterocycles. The molecule has 2 N–H and O–H groups in total. The van der Waals surface area contributed by atoms with E-state index in [0.717, 1.165) is 6.07 Å². The SMILES string of the molecule is CC(C)COC(=O)CC1(O)CCN(c2ccc(O)cc2F)CC1. The summed E-state index contributed by atoms with van der Waals surface area (Å²) in [4.78, 5) is 13.6. The minimum atomic E-state index is -1.10. The van der Waals surface area contributed by atoms with Gasteiger partial charge in [-0.05, 0) is 30.9 Å². The van der Waals surface area contributed by atoms with E-state index in [9.17, 15) is 19.4 Å². The van der Waals surface area contributed by atoms with Gasteiger partial charge in [0, 0.05) is 19.2 Å². The van der Waals surface area contributed by atoms with Crippen molar-refractivity contribution in [2.75, 3.05) is 24.6 Å². The fraction of sp³-hybridized carbons (Fsp3) is 0.588. The summed E-state index contributed by atoms with van der Waals surface area (Å²) in [5, 5.41) is 19.8. The third-order valence-corrected chi connectivity index (χ3v) is 4.02. The second-order valence-electron chi connectivity index (χ2n) is 6.60. The van der Waals surface area contributed by atoms with E-state index in [0.29, 0.717) is 38.2 Å². The summed E-state index contributed by atoms with van der Waals surface area (Å²) < 4.78 is 19.0. The van der Waals surface area contributed by atoms with Gasteiger partial charge in [0.05, 0.1) is 24.3 Å². The van der Waals surface area contributed by atoms with Crippen LogP contribution in [0.2, 0.25) is 0 Å². The molecule has 1 aromatic rings. The zero-order valence-corrected chi connectivity index (χ0v) is 13.6. The van der Waals surface area contributed by atoms with E-state index in [1.807, 2.05) is 18.7 Å². The first-order chi connectivity index (χ1) is 10.8. The molecule has 5 nitrogen and oxygen atoms in total.